The Morgan fingerprint density at radius 3 is 2.52 bits per heavy atom. The smallest absolute Gasteiger partial charge is 0.329 e. The lowest BCUT2D eigenvalue weighted by molar-refractivity contribution is -0.140. The van der Waals surface area contributed by atoms with Crippen molar-refractivity contribution >= 4 is 34.0 Å². The van der Waals surface area contributed by atoms with Gasteiger partial charge in [-0.1, -0.05) is 0 Å². The molecule has 0 radical (unpaired) electrons. The SMILES string of the molecule is CC(=O)On1cc(C(C)=O)c2ccc(Nc3cncnc3)cc21. The standard InChI is InChI=1S/C16H14N4O3/c1-10(21)15-8-20(23-11(2)22)16-5-12(3-4-14(15)16)19-13-6-17-9-18-7-13/h3-9,19H,1-2H3. The summed E-state index contributed by atoms with van der Waals surface area (Å²) in [5.41, 5.74) is 2.60. The Hall–Kier alpha value is -3.22. The zero-order valence-corrected chi connectivity index (χ0v) is 12.6. The van der Waals surface area contributed by atoms with Crippen molar-refractivity contribution in [3.05, 3.63) is 48.7 Å². The average molecular weight is 310 g/mol. The van der Waals surface area contributed by atoms with Gasteiger partial charge in [-0.2, -0.15) is 4.73 Å². The first kappa shape index (κ1) is 14.7. The number of carbonyl (C=O) groups excluding carboxylic acids is 2. The van der Waals surface area contributed by atoms with Gasteiger partial charge in [0.2, 0.25) is 0 Å². The van der Waals surface area contributed by atoms with Crippen LogP contribution in [0.2, 0.25) is 0 Å². The molecule has 0 fully saturated rings. The van der Waals surface area contributed by atoms with Gasteiger partial charge in [-0.3, -0.25) is 4.79 Å². The number of anilines is 2. The van der Waals surface area contributed by atoms with E-state index in [1.165, 1.54) is 31.1 Å². The molecule has 0 saturated heterocycles. The minimum Gasteiger partial charge on any atom is -0.353 e. The molecule has 0 aliphatic heterocycles. The van der Waals surface area contributed by atoms with Crippen LogP contribution in [0.5, 0.6) is 0 Å². The lowest BCUT2D eigenvalue weighted by Crippen LogP contribution is -2.15. The summed E-state index contributed by atoms with van der Waals surface area (Å²) < 4.78 is 1.31. The Kier molecular flexibility index (Phi) is 3.76. The Morgan fingerprint density at radius 2 is 1.87 bits per heavy atom. The normalized spacial score (nSPS) is 10.5. The van der Waals surface area contributed by atoms with Crippen LogP contribution in [-0.4, -0.2) is 26.5 Å². The summed E-state index contributed by atoms with van der Waals surface area (Å²) in [4.78, 5) is 36.0. The number of nitrogens with one attached hydrogen (secondary N) is 1. The van der Waals surface area contributed by atoms with Crippen molar-refractivity contribution in [1.82, 2.24) is 14.7 Å². The summed E-state index contributed by atoms with van der Waals surface area (Å²) >= 11 is 0. The largest absolute Gasteiger partial charge is 0.353 e. The summed E-state index contributed by atoms with van der Waals surface area (Å²) in [6.45, 7) is 2.78. The fourth-order valence-electron chi connectivity index (χ4n) is 2.30. The Bertz CT molecular complexity index is 887. The molecule has 0 bridgehead atoms. The molecule has 1 N–H and O–H groups in total. The highest BCUT2D eigenvalue weighted by atomic mass is 16.7. The second-order valence-corrected chi connectivity index (χ2v) is 4.99. The zero-order chi connectivity index (χ0) is 16.4. The van der Waals surface area contributed by atoms with Crippen LogP contribution in [0.15, 0.2) is 43.1 Å². The molecule has 7 heteroatoms. The van der Waals surface area contributed by atoms with Crippen LogP contribution in [0.1, 0.15) is 24.2 Å². The third-order valence-electron chi connectivity index (χ3n) is 3.23. The minimum absolute atomic E-state index is 0.0990. The van der Waals surface area contributed by atoms with Gasteiger partial charge in [-0.05, 0) is 25.1 Å². The fourth-order valence-corrected chi connectivity index (χ4v) is 2.30. The van der Waals surface area contributed by atoms with Gasteiger partial charge in [-0.15, -0.1) is 0 Å². The molecule has 23 heavy (non-hydrogen) atoms. The number of hydrogen-bond acceptors (Lipinski definition) is 6. The van der Waals surface area contributed by atoms with E-state index in [9.17, 15) is 9.59 Å². The van der Waals surface area contributed by atoms with Crippen molar-refractivity contribution in [3.63, 3.8) is 0 Å². The number of benzene rings is 1. The molecule has 0 aliphatic rings. The number of Topliss-reactive ketones (excluding diaryl/α,β-unsaturated/α-hetero) is 1. The van der Waals surface area contributed by atoms with Gasteiger partial charge in [0, 0.05) is 23.6 Å². The zero-order valence-electron chi connectivity index (χ0n) is 12.6. The van der Waals surface area contributed by atoms with Crippen LogP contribution < -0.4 is 10.2 Å². The van der Waals surface area contributed by atoms with E-state index in [1.54, 1.807) is 24.5 Å². The van der Waals surface area contributed by atoms with Crippen LogP contribution >= 0.6 is 0 Å². The lowest BCUT2D eigenvalue weighted by atomic mass is 10.1. The highest BCUT2D eigenvalue weighted by Gasteiger charge is 2.14. The third kappa shape index (κ3) is 3.03. The van der Waals surface area contributed by atoms with Crippen molar-refractivity contribution in [3.8, 4) is 0 Å². The van der Waals surface area contributed by atoms with Crippen molar-refractivity contribution in [2.24, 2.45) is 0 Å². The molecule has 3 aromatic rings. The number of carbonyl (C=O) groups is 2. The molecule has 0 saturated carbocycles. The van der Waals surface area contributed by atoms with Crippen molar-refractivity contribution < 1.29 is 14.4 Å². The van der Waals surface area contributed by atoms with E-state index in [0.29, 0.717) is 16.5 Å². The first-order chi connectivity index (χ1) is 11.0. The van der Waals surface area contributed by atoms with Crippen LogP contribution in [0.3, 0.4) is 0 Å². The highest BCUT2D eigenvalue weighted by molar-refractivity contribution is 6.07. The Balaban J connectivity index is 2.06. The van der Waals surface area contributed by atoms with Crippen molar-refractivity contribution in [2.45, 2.75) is 13.8 Å². The summed E-state index contributed by atoms with van der Waals surface area (Å²) in [6.07, 6.45) is 6.25. The number of aromatic nitrogens is 3. The number of hydrogen-bond donors (Lipinski definition) is 1. The predicted octanol–water partition coefficient (Wildman–Crippen LogP) is 2.35. The summed E-state index contributed by atoms with van der Waals surface area (Å²) in [5.74, 6) is -0.565. The molecule has 0 spiro atoms. The lowest BCUT2D eigenvalue weighted by Gasteiger charge is -2.07. The van der Waals surface area contributed by atoms with Gasteiger partial charge in [0.05, 0.1) is 29.8 Å². The van der Waals surface area contributed by atoms with Gasteiger partial charge < -0.3 is 10.2 Å². The van der Waals surface area contributed by atoms with Crippen LogP contribution in [0, 0.1) is 0 Å². The van der Waals surface area contributed by atoms with E-state index in [0.717, 1.165) is 11.4 Å². The molecule has 2 heterocycles. The molecule has 0 amide bonds. The molecule has 116 valence electrons. The van der Waals surface area contributed by atoms with E-state index >= 15 is 0 Å². The van der Waals surface area contributed by atoms with Gasteiger partial charge in [0.25, 0.3) is 0 Å². The molecule has 1 aromatic carbocycles. The number of fused-ring (bicyclic) bond motifs is 1. The molecule has 3 rings (SSSR count). The van der Waals surface area contributed by atoms with E-state index in [-0.39, 0.29) is 5.78 Å². The maximum Gasteiger partial charge on any atom is 0.329 e. The number of rotatable bonds is 4. The minimum atomic E-state index is -0.466. The van der Waals surface area contributed by atoms with Gasteiger partial charge in [-0.25, -0.2) is 14.8 Å². The van der Waals surface area contributed by atoms with E-state index < -0.39 is 5.97 Å². The quantitative estimate of drug-likeness (QED) is 0.744. The monoisotopic (exact) mass is 310 g/mol. The van der Waals surface area contributed by atoms with Gasteiger partial charge in [0.15, 0.2) is 5.78 Å². The summed E-state index contributed by atoms with van der Waals surface area (Å²) in [7, 11) is 0. The van der Waals surface area contributed by atoms with E-state index in [4.69, 9.17) is 4.84 Å². The third-order valence-corrected chi connectivity index (χ3v) is 3.23. The average Bonchev–Trinajstić information content (AvgIpc) is 2.86. The fraction of sp³-hybridized carbons (Fsp3) is 0.125. The van der Waals surface area contributed by atoms with E-state index in [1.807, 2.05) is 6.07 Å². The first-order valence-electron chi connectivity index (χ1n) is 6.91. The molecule has 2 aromatic heterocycles. The second kappa shape index (κ2) is 5.88. The molecule has 0 unspecified atom stereocenters. The van der Waals surface area contributed by atoms with E-state index in [2.05, 4.69) is 15.3 Å². The van der Waals surface area contributed by atoms with Crippen molar-refractivity contribution in [1.29, 1.82) is 0 Å². The number of ketones is 1. The molecule has 7 nitrogen and oxygen atoms in total. The maximum atomic E-state index is 11.7. The number of nitrogens with zero attached hydrogens (tertiary/aromatic N) is 3. The molecular weight excluding hydrogens is 296 g/mol. The van der Waals surface area contributed by atoms with Crippen molar-refractivity contribution in [2.75, 3.05) is 5.32 Å². The Labute approximate surface area is 131 Å². The molecule has 0 atom stereocenters. The summed E-state index contributed by atoms with van der Waals surface area (Å²) in [5, 5.41) is 3.87. The maximum absolute atomic E-state index is 11.7. The highest BCUT2D eigenvalue weighted by Crippen LogP contribution is 2.26. The Morgan fingerprint density at radius 1 is 1.13 bits per heavy atom. The topological polar surface area (TPSA) is 86.1 Å². The molecule has 0 aliphatic carbocycles. The predicted molar refractivity (Wildman–Crippen MR) is 84.5 cm³/mol. The van der Waals surface area contributed by atoms with Crippen LogP contribution in [0.25, 0.3) is 10.9 Å². The second-order valence-electron chi connectivity index (χ2n) is 4.99. The van der Waals surface area contributed by atoms with Gasteiger partial charge >= 0.3 is 5.97 Å². The summed E-state index contributed by atoms with van der Waals surface area (Å²) in [6, 6.07) is 5.43. The van der Waals surface area contributed by atoms with Gasteiger partial charge in [0.1, 0.15) is 6.33 Å². The van der Waals surface area contributed by atoms with Crippen LogP contribution in [0.4, 0.5) is 11.4 Å². The first-order valence-corrected chi connectivity index (χ1v) is 6.91. The van der Waals surface area contributed by atoms with Crippen LogP contribution in [-0.2, 0) is 4.79 Å². The molecular formula is C16H14N4O3.